The normalized spacial score (nSPS) is 25.3. The minimum atomic E-state index is -0.0751. The Morgan fingerprint density at radius 1 is 1.38 bits per heavy atom. The summed E-state index contributed by atoms with van der Waals surface area (Å²) in [6.07, 6.45) is 0.941. The molecule has 0 saturated heterocycles. The van der Waals surface area contributed by atoms with Crippen LogP contribution < -0.4 is 0 Å². The molecule has 2 heteroatoms. The standard InChI is InChI=1S/C11H12O2/c1-13-11(12)10-7-9(10)8-5-3-2-4-6-8/h2-6,9-10H,7H2,1H3/t9?,10-/m0/s1. The molecule has 1 aliphatic rings. The first-order valence-electron chi connectivity index (χ1n) is 4.45. The third kappa shape index (κ3) is 1.57. The van der Waals surface area contributed by atoms with Crippen LogP contribution in [0, 0.1) is 5.92 Å². The van der Waals surface area contributed by atoms with Gasteiger partial charge in [-0.3, -0.25) is 4.79 Å². The van der Waals surface area contributed by atoms with Crippen molar-refractivity contribution in [3.8, 4) is 0 Å². The Labute approximate surface area is 77.5 Å². The summed E-state index contributed by atoms with van der Waals surface area (Å²) in [5.41, 5.74) is 1.25. The number of carbonyl (C=O) groups is 1. The predicted octanol–water partition coefficient (Wildman–Crippen LogP) is 1.96. The molecule has 0 aromatic heterocycles. The molecule has 0 spiro atoms. The van der Waals surface area contributed by atoms with Crippen LogP contribution in [0.4, 0.5) is 0 Å². The van der Waals surface area contributed by atoms with Gasteiger partial charge in [0.1, 0.15) is 0 Å². The number of carbonyl (C=O) groups excluding carboxylic acids is 1. The van der Waals surface area contributed by atoms with Crippen molar-refractivity contribution in [1.82, 2.24) is 0 Å². The second-order valence-corrected chi connectivity index (χ2v) is 3.38. The van der Waals surface area contributed by atoms with Gasteiger partial charge in [0, 0.05) is 0 Å². The lowest BCUT2D eigenvalue weighted by Gasteiger charge is -1.98. The molecule has 1 aromatic carbocycles. The molecule has 0 aliphatic heterocycles. The fourth-order valence-corrected chi connectivity index (χ4v) is 1.68. The molecule has 2 nitrogen and oxygen atoms in total. The smallest absolute Gasteiger partial charge is 0.309 e. The molecule has 13 heavy (non-hydrogen) atoms. The first-order chi connectivity index (χ1) is 6.33. The zero-order chi connectivity index (χ0) is 9.26. The summed E-state index contributed by atoms with van der Waals surface area (Å²) in [4.78, 5) is 11.1. The molecule has 2 atom stereocenters. The van der Waals surface area contributed by atoms with E-state index in [1.165, 1.54) is 12.7 Å². The van der Waals surface area contributed by atoms with E-state index in [1.807, 2.05) is 18.2 Å². The Morgan fingerprint density at radius 2 is 2.08 bits per heavy atom. The number of rotatable bonds is 2. The Kier molecular flexibility index (Phi) is 2.05. The van der Waals surface area contributed by atoms with Crippen molar-refractivity contribution in [1.29, 1.82) is 0 Å². The molecule has 0 heterocycles. The van der Waals surface area contributed by atoms with Gasteiger partial charge in [0.05, 0.1) is 13.0 Å². The molecule has 0 amide bonds. The van der Waals surface area contributed by atoms with Crippen molar-refractivity contribution < 1.29 is 9.53 Å². The molecule has 0 bridgehead atoms. The topological polar surface area (TPSA) is 26.3 Å². The van der Waals surface area contributed by atoms with Crippen molar-refractivity contribution in [3.05, 3.63) is 35.9 Å². The molecule has 0 N–H and O–H groups in total. The van der Waals surface area contributed by atoms with Crippen molar-refractivity contribution in [3.63, 3.8) is 0 Å². The highest BCUT2D eigenvalue weighted by atomic mass is 16.5. The highest BCUT2D eigenvalue weighted by Crippen LogP contribution is 2.47. The average molecular weight is 176 g/mol. The van der Waals surface area contributed by atoms with Crippen LogP contribution in [-0.2, 0) is 9.53 Å². The largest absolute Gasteiger partial charge is 0.469 e. The van der Waals surface area contributed by atoms with Crippen LogP contribution in [0.5, 0.6) is 0 Å². The molecule has 1 aliphatic carbocycles. The van der Waals surface area contributed by atoms with Gasteiger partial charge in [-0.15, -0.1) is 0 Å². The van der Waals surface area contributed by atoms with E-state index < -0.39 is 0 Å². The van der Waals surface area contributed by atoms with Crippen molar-refractivity contribution in [2.75, 3.05) is 7.11 Å². The predicted molar refractivity (Wildman–Crippen MR) is 49.3 cm³/mol. The summed E-state index contributed by atoms with van der Waals surface area (Å²) >= 11 is 0. The summed E-state index contributed by atoms with van der Waals surface area (Å²) < 4.78 is 4.69. The van der Waals surface area contributed by atoms with Crippen LogP contribution in [0.1, 0.15) is 17.9 Å². The zero-order valence-corrected chi connectivity index (χ0v) is 7.57. The van der Waals surface area contributed by atoms with E-state index in [-0.39, 0.29) is 11.9 Å². The number of ether oxygens (including phenoxy) is 1. The van der Waals surface area contributed by atoms with Crippen molar-refractivity contribution in [2.24, 2.45) is 5.92 Å². The maximum Gasteiger partial charge on any atom is 0.309 e. The number of hydrogen-bond donors (Lipinski definition) is 0. The van der Waals surface area contributed by atoms with E-state index in [0.29, 0.717) is 5.92 Å². The lowest BCUT2D eigenvalue weighted by atomic mass is 10.1. The van der Waals surface area contributed by atoms with Crippen molar-refractivity contribution >= 4 is 5.97 Å². The third-order valence-corrected chi connectivity index (χ3v) is 2.52. The molecule has 1 saturated carbocycles. The molecule has 68 valence electrons. The van der Waals surface area contributed by atoms with Gasteiger partial charge in [0.2, 0.25) is 0 Å². The van der Waals surface area contributed by atoms with Gasteiger partial charge in [-0.05, 0) is 17.9 Å². The second-order valence-electron chi connectivity index (χ2n) is 3.38. The Bertz CT molecular complexity index is 305. The highest BCUT2D eigenvalue weighted by molar-refractivity contribution is 5.77. The summed E-state index contributed by atoms with van der Waals surface area (Å²) in [6.45, 7) is 0. The summed E-state index contributed by atoms with van der Waals surface area (Å²) in [5.74, 6) is 0.426. The number of methoxy groups -OCH3 is 1. The maximum absolute atomic E-state index is 11.1. The number of benzene rings is 1. The Balaban J connectivity index is 2.04. The monoisotopic (exact) mass is 176 g/mol. The first kappa shape index (κ1) is 8.30. The van der Waals surface area contributed by atoms with Crippen LogP contribution in [0.25, 0.3) is 0 Å². The first-order valence-corrected chi connectivity index (χ1v) is 4.45. The van der Waals surface area contributed by atoms with Gasteiger partial charge in [0.15, 0.2) is 0 Å². The summed E-state index contributed by atoms with van der Waals surface area (Å²) in [6, 6.07) is 10.1. The molecule has 1 fully saturated rings. The maximum atomic E-state index is 11.1. The fourth-order valence-electron chi connectivity index (χ4n) is 1.68. The number of esters is 1. The van der Waals surface area contributed by atoms with Gasteiger partial charge in [0.25, 0.3) is 0 Å². The SMILES string of the molecule is COC(=O)[C@H]1CC1c1ccccc1. The van der Waals surface area contributed by atoms with Gasteiger partial charge in [-0.2, -0.15) is 0 Å². The van der Waals surface area contributed by atoms with Gasteiger partial charge >= 0.3 is 5.97 Å². The lowest BCUT2D eigenvalue weighted by molar-refractivity contribution is -0.142. The molecule has 1 aromatic rings. The molecular weight excluding hydrogens is 164 g/mol. The van der Waals surface area contributed by atoms with E-state index in [4.69, 9.17) is 0 Å². The van der Waals surface area contributed by atoms with Gasteiger partial charge < -0.3 is 4.74 Å². The average Bonchev–Trinajstić information content (AvgIpc) is 2.98. The highest BCUT2D eigenvalue weighted by Gasteiger charge is 2.44. The minimum Gasteiger partial charge on any atom is -0.469 e. The molecular formula is C11H12O2. The van der Waals surface area contributed by atoms with Crippen LogP contribution in [-0.4, -0.2) is 13.1 Å². The molecule has 1 unspecified atom stereocenters. The number of hydrogen-bond acceptors (Lipinski definition) is 2. The van der Waals surface area contributed by atoms with Crippen molar-refractivity contribution in [2.45, 2.75) is 12.3 Å². The molecule has 2 rings (SSSR count). The minimum absolute atomic E-state index is 0.0751. The van der Waals surface area contributed by atoms with E-state index in [2.05, 4.69) is 16.9 Å². The van der Waals surface area contributed by atoms with Crippen LogP contribution in [0.2, 0.25) is 0 Å². The van der Waals surface area contributed by atoms with Crippen LogP contribution >= 0.6 is 0 Å². The Morgan fingerprint density at radius 3 is 2.69 bits per heavy atom. The summed E-state index contributed by atoms with van der Waals surface area (Å²) in [5, 5.41) is 0. The van der Waals surface area contributed by atoms with E-state index >= 15 is 0 Å². The fraction of sp³-hybridized carbons (Fsp3) is 0.364. The third-order valence-electron chi connectivity index (χ3n) is 2.52. The molecule has 0 radical (unpaired) electrons. The van der Waals surface area contributed by atoms with Gasteiger partial charge in [-0.25, -0.2) is 0 Å². The van der Waals surface area contributed by atoms with Gasteiger partial charge in [-0.1, -0.05) is 30.3 Å². The Hall–Kier alpha value is -1.31. The van der Waals surface area contributed by atoms with Crippen LogP contribution in [0.15, 0.2) is 30.3 Å². The van der Waals surface area contributed by atoms with Crippen LogP contribution in [0.3, 0.4) is 0 Å². The quantitative estimate of drug-likeness (QED) is 0.644. The summed E-state index contributed by atoms with van der Waals surface area (Å²) in [7, 11) is 1.45. The van der Waals surface area contributed by atoms with E-state index in [0.717, 1.165) is 6.42 Å². The van der Waals surface area contributed by atoms with E-state index in [1.54, 1.807) is 0 Å². The van der Waals surface area contributed by atoms with E-state index in [9.17, 15) is 4.79 Å². The second kappa shape index (κ2) is 3.21. The zero-order valence-electron chi connectivity index (χ0n) is 7.57. The lowest BCUT2D eigenvalue weighted by Crippen LogP contribution is -2.03.